The van der Waals surface area contributed by atoms with E-state index in [1.54, 1.807) is 6.21 Å². The van der Waals surface area contributed by atoms with Gasteiger partial charge in [0, 0.05) is 9.13 Å². The fraction of sp³-hybridized carbons (Fsp3) is 0.125. The van der Waals surface area contributed by atoms with Crippen molar-refractivity contribution in [3.63, 3.8) is 0 Å². The van der Waals surface area contributed by atoms with Crippen LogP contribution in [0.1, 0.15) is 11.1 Å². The summed E-state index contributed by atoms with van der Waals surface area (Å²) in [7, 11) is 0. The van der Waals surface area contributed by atoms with E-state index in [2.05, 4.69) is 27.7 Å². The first-order valence-electron chi connectivity index (χ1n) is 3.24. The van der Waals surface area contributed by atoms with Crippen molar-refractivity contribution in [2.45, 2.75) is 6.92 Å². The molecular weight excluding hydrogens is 251 g/mol. The van der Waals surface area contributed by atoms with Crippen LogP contribution in [0, 0.1) is 10.5 Å². The number of nitrogens with zero attached hydrogens (tertiary/aromatic N) is 1. The summed E-state index contributed by atoms with van der Waals surface area (Å²) in [5.74, 6) is 5.06. The Labute approximate surface area is 79.6 Å². The summed E-state index contributed by atoms with van der Waals surface area (Å²) in [5.41, 5.74) is 2.31. The van der Waals surface area contributed by atoms with E-state index < -0.39 is 0 Å². The SMILES string of the molecule is Cc1cccc(I)c1C=NN. The van der Waals surface area contributed by atoms with Crippen LogP contribution in [0.3, 0.4) is 0 Å². The lowest BCUT2D eigenvalue weighted by molar-refractivity contribution is 1.26. The van der Waals surface area contributed by atoms with E-state index >= 15 is 0 Å². The predicted octanol–water partition coefficient (Wildman–Crippen LogP) is 1.89. The first-order valence-corrected chi connectivity index (χ1v) is 4.32. The van der Waals surface area contributed by atoms with Crippen LogP contribution >= 0.6 is 22.6 Å². The monoisotopic (exact) mass is 260 g/mol. The van der Waals surface area contributed by atoms with Crippen LogP contribution < -0.4 is 5.84 Å². The molecule has 0 aromatic heterocycles. The van der Waals surface area contributed by atoms with E-state index in [9.17, 15) is 0 Å². The largest absolute Gasteiger partial charge is 0.323 e. The third-order valence-corrected chi connectivity index (χ3v) is 2.42. The van der Waals surface area contributed by atoms with Crippen LogP contribution in [-0.2, 0) is 0 Å². The summed E-state index contributed by atoms with van der Waals surface area (Å²) in [6.45, 7) is 2.04. The number of halogens is 1. The number of nitrogens with two attached hydrogens (primary N) is 1. The molecule has 2 N–H and O–H groups in total. The summed E-state index contributed by atoms with van der Waals surface area (Å²) < 4.78 is 1.18. The van der Waals surface area contributed by atoms with Gasteiger partial charge in [-0.05, 0) is 41.1 Å². The van der Waals surface area contributed by atoms with Gasteiger partial charge in [0.25, 0.3) is 0 Å². The number of hydrogen-bond donors (Lipinski definition) is 1. The minimum atomic E-state index is 1.11. The first-order chi connectivity index (χ1) is 5.25. The number of hydrazone groups is 1. The molecule has 0 radical (unpaired) electrons. The van der Waals surface area contributed by atoms with Gasteiger partial charge in [0.2, 0.25) is 0 Å². The second kappa shape index (κ2) is 3.71. The smallest absolute Gasteiger partial charge is 0.0551 e. The highest BCUT2D eigenvalue weighted by molar-refractivity contribution is 14.1. The van der Waals surface area contributed by atoms with Gasteiger partial charge in [0.15, 0.2) is 0 Å². The average Bonchev–Trinajstić information content (AvgIpc) is 1.97. The van der Waals surface area contributed by atoms with Crippen LogP contribution in [0.2, 0.25) is 0 Å². The maximum absolute atomic E-state index is 5.06. The molecule has 0 aliphatic rings. The van der Waals surface area contributed by atoms with Gasteiger partial charge in [-0.1, -0.05) is 12.1 Å². The molecule has 58 valence electrons. The van der Waals surface area contributed by atoms with Gasteiger partial charge in [0.1, 0.15) is 0 Å². The van der Waals surface area contributed by atoms with Gasteiger partial charge < -0.3 is 5.84 Å². The van der Waals surface area contributed by atoms with Crippen LogP contribution in [0.15, 0.2) is 23.3 Å². The van der Waals surface area contributed by atoms with Gasteiger partial charge in [-0.25, -0.2) is 0 Å². The Kier molecular flexibility index (Phi) is 2.87. The van der Waals surface area contributed by atoms with Gasteiger partial charge >= 0.3 is 0 Å². The zero-order valence-electron chi connectivity index (χ0n) is 6.21. The van der Waals surface area contributed by atoms with Gasteiger partial charge in [0.05, 0.1) is 6.21 Å². The topological polar surface area (TPSA) is 38.4 Å². The maximum atomic E-state index is 5.06. The molecule has 0 saturated heterocycles. The lowest BCUT2D eigenvalue weighted by Gasteiger charge is -2.00. The molecule has 0 aliphatic heterocycles. The molecule has 1 rings (SSSR count). The molecule has 0 saturated carbocycles. The van der Waals surface area contributed by atoms with Crippen LogP contribution in [0.4, 0.5) is 0 Å². The van der Waals surface area contributed by atoms with Crippen molar-refractivity contribution in [2.24, 2.45) is 10.9 Å². The molecule has 1 aromatic carbocycles. The Morgan fingerprint density at radius 3 is 2.82 bits per heavy atom. The van der Waals surface area contributed by atoms with Crippen molar-refractivity contribution in [3.8, 4) is 0 Å². The highest BCUT2D eigenvalue weighted by atomic mass is 127. The normalized spacial score (nSPS) is 10.7. The molecule has 0 unspecified atom stereocenters. The second-order valence-electron chi connectivity index (χ2n) is 2.25. The molecule has 0 heterocycles. The van der Waals surface area contributed by atoms with E-state index in [1.807, 2.05) is 25.1 Å². The Hall–Kier alpha value is -0.580. The van der Waals surface area contributed by atoms with Crippen molar-refractivity contribution in [1.29, 1.82) is 0 Å². The molecule has 0 bridgehead atoms. The minimum Gasteiger partial charge on any atom is -0.323 e. The van der Waals surface area contributed by atoms with E-state index in [1.165, 1.54) is 9.13 Å². The molecule has 0 spiro atoms. The van der Waals surface area contributed by atoms with E-state index in [0.29, 0.717) is 0 Å². The van der Waals surface area contributed by atoms with Crippen molar-refractivity contribution in [1.82, 2.24) is 0 Å². The standard InChI is InChI=1S/C8H9IN2/c1-6-3-2-4-8(9)7(6)5-11-10/h2-5H,10H2,1H3. The summed E-state index contributed by atoms with van der Waals surface area (Å²) in [4.78, 5) is 0. The zero-order valence-corrected chi connectivity index (χ0v) is 8.37. The van der Waals surface area contributed by atoms with Crippen molar-refractivity contribution >= 4 is 28.8 Å². The summed E-state index contributed by atoms with van der Waals surface area (Å²) in [6, 6.07) is 6.09. The molecule has 2 nitrogen and oxygen atoms in total. The first kappa shape index (κ1) is 8.52. The third-order valence-electron chi connectivity index (χ3n) is 1.47. The predicted molar refractivity (Wildman–Crippen MR) is 55.7 cm³/mol. The van der Waals surface area contributed by atoms with E-state index in [-0.39, 0.29) is 0 Å². The molecule has 3 heteroatoms. The molecule has 11 heavy (non-hydrogen) atoms. The number of hydrogen-bond acceptors (Lipinski definition) is 2. The van der Waals surface area contributed by atoms with Crippen LogP contribution in [0.25, 0.3) is 0 Å². The summed E-state index contributed by atoms with van der Waals surface area (Å²) in [5, 5.41) is 3.50. The molecule has 0 aliphatic carbocycles. The third kappa shape index (κ3) is 1.92. The van der Waals surface area contributed by atoms with Gasteiger partial charge in [-0.2, -0.15) is 5.10 Å². The second-order valence-corrected chi connectivity index (χ2v) is 3.41. The zero-order chi connectivity index (χ0) is 8.27. The Morgan fingerprint density at radius 2 is 2.27 bits per heavy atom. The molecule has 0 amide bonds. The van der Waals surface area contributed by atoms with E-state index in [0.717, 1.165) is 5.56 Å². The quantitative estimate of drug-likeness (QED) is 0.356. The van der Waals surface area contributed by atoms with Crippen molar-refractivity contribution in [3.05, 3.63) is 32.9 Å². The maximum Gasteiger partial charge on any atom is 0.0551 e. The van der Waals surface area contributed by atoms with Crippen molar-refractivity contribution < 1.29 is 0 Å². The van der Waals surface area contributed by atoms with Crippen LogP contribution in [-0.4, -0.2) is 6.21 Å². The van der Waals surface area contributed by atoms with E-state index in [4.69, 9.17) is 5.84 Å². The summed E-state index contributed by atoms with van der Waals surface area (Å²) >= 11 is 2.26. The molecule has 1 aromatic rings. The highest BCUT2D eigenvalue weighted by Crippen LogP contribution is 2.13. The number of aryl methyl sites for hydroxylation is 1. The minimum absolute atomic E-state index is 1.11. The summed E-state index contributed by atoms with van der Waals surface area (Å²) in [6.07, 6.45) is 1.68. The Bertz CT molecular complexity index is 261. The fourth-order valence-electron chi connectivity index (χ4n) is 0.883. The fourth-order valence-corrected chi connectivity index (χ4v) is 1.66. The molecular formula is C8H9IN2. The highest BCUT2D eigenvalue weighted by Gasteiger charge is 1.98. The van der Waals surface area contributed by atoms with Gasteiger partial charge in [-0.15, -0.1) is 0 Å². The number of rotatable bonds is 1. The van der Waals surface area contributed by atoms with Gasteiger partial charge in [-0.3, -0.25) is 0 Å². The average molecular weight is 260 g/mol. The van der Waals surface area contributed by atoms with Crippen molar-refractivity contribution in [2.75, 3.05) is 0 Å². The molecule has 0 fully saturated rings. The van der Waals surface area contributed by atoms with Crippen LogP contribution in [0.5, 0.6) is 0 Å². The molecule has 0 atom stereocenters. The Morgan fingerprint density at radius 1 is 1.55 bits per heavy atom. The lowest BCUT2D eigenvalue weighted by Crippen LogP contribution is -1.93. The lowest BCUT2D eigenvalue weighted by atomic mass is 10.1. The Balaban J connectivity index is 3.20. The number of benzene rings is 1.